The van der Waals surface area contributed by atoms with E-state index in [9.17, 15) is 9.59 Å². The van der Waals surface area contributed by atoms with Gasteiger partial charge in [-0.25, -0.2) is 4.79 Å². The van der Waals surface area contributed by atoms with Crippen molar-refractivity contribution in [1.29, 1.82) is 0 Å². The summed E-state index contributed by atoms with van der Waals surface area (Å²) in [5, 5.41) is 15.0. The molecular weight excluding hydrogens is 224 g/mol. The van der Waals surface area contributed by atoms with Gasteiger partial charge in [0.2, 0.25) is 6.08 Å². The molecule has 1 amide bonds. The molecule has 0 atom stereocenters. The second-order valence-corrected chi connectivity index (χ2v) is 2.91. The maximum Gasteiger partial charge on any atom is 0.270 e. The van der Waals surface area contributed by atoms with Crippen molar-refractivity contribution in [2.45, 2.75) is 0 Å². The van der Waals surface area contributed by atoms with Crippen molar-refractivity contribution in [3.63, 3.8) is 0 Å². The van der Waals surface area contributed by atoms with Gasteiger partial charge in [-0.15, -0.1) is 5.10 Å². The number of amides is 1. The van der Waals surface area contributed by atoms with Gasteiger partial charge in [0.1, 0.15) is 0 Å². The topological polar surface area (TPSA) is 113 Å². The van der Waals surface area contributed by atoms with Crippen molar-refractivity contribution in [2.24, 2.45) is 4.99 Å². The maximum atomic E-state index is 11.8. The van der Waals surface area contributed by atoms with Gasteiger partial charge >= 0.3 is 0 Å². The van der Waals surface area contributed by atoms with Crippen LogP contribution in [0.5, 0.6) is 0 Å². The van der Waals surface area contributed by atoms with E-state index in [1.165, 1.54) is 18.2 Å². The molecule has 0 spiro atoms. The molecule has 0 bridgehead atoms. The number of isocyanates is 1. The van der Waals surface area contributed by atoms with E-state index in [1.807, 2.05) is 0 Å². The highest BCUT2D eigenvalue weighted by Gasteiger charge is 2.12. The number of aromatic amines is 1. The largest absolute Gasteiger partial charge is 0.288 e. The summed E-state index contributed by atoms with van der Waals surface area (Å²) in [5.41, 5.74) is 0.448. The predicted molar refractivity (Wildman–Crippen MR) is 56.4 cm³/mol. The summed E-state index contributed by atoms with van der Waals surface area (Å²) in [7, 11) is 0. The number of carbonyl (C=O) groups is 1. The van der Waals surface area contributed by atoms with Gasteiger partial charge in [0, 0.05) is 0 Å². The third-order valence-electron chi connectivity index (χ3n) is 1.89. The highest BCUT2D eigenvalue weighted by atomic mass is 16.2. The Kier molecular flexibility index (Phi) is 2.99. The SMILES string of the molecule is O=C=Nc1ccccc1C(=O)Nc1nn[nH]n1. The number of hydrogen-bond donors (Lipinski definition) is 2. The van der Waals surface area contributed by atoms with E-state index >= 15 is 0 Å². The minimum atomic E-state index is -0.485. The molecule has 0 fully saturated rings. The highest BCUT2D eigenvalue weighted by Crippen LogP contribution is 2.18. The van der Waals surface area contributed by atoms with Crippen LogP contribution in [0.4, 0.5) is 11.6 Å². The molecule has 0 aliphatic heterocycles. The van der Waals surface area contributed by atoms with E-state index in [-0.39, 0.29) is 17.2 Å². The number of nitrogens with zero attached hydrogens (tertiary/aromatic N) is 4. The van der Waals surface area contributed by atoms with E-state index in [2.05, 4.69) is 30.9 Å². The van der Waals surface area contributed by atoms with Crippen LogP contribution in [0.15, 0.2) is 29.3 Å². The first-order valence-corrected chi connectivity index (χ1v) is 4.53. The van der Waals surface area contributed by atoms with Crippen molar-refractivity contribution < 1.29 is 9.59 Å². The number of rotatable bonds is 3. The number of para-hydroxylation sites is 1. The smallest absolute Gasteiger partial charge is 0.270 e. The third-order valence-corrected chi connectivity index (χ3v) is 1.89. The molecule has 1 aromatic carbocycles. The summed E-state index contributed by atoms with van der Waals surface area (Å²) in [6, 6.07) is 6.35. The van der Waals surface area contributed by atoms with Crippen LogP contribution in [0, 0.1) is 0 Å². The molecule has 17 heavy (non-hydrogen) atoms. The molecule has 2 aromatic rings. The fraction of sp³-hybridized carbons (Fsp3) is 0. The number of aliphatic imine (C=N–C) groups is 1. The van der Waals surface area contributed by atoms with E-state index in [1.54, 1.807) is 12.1 Å². The van der Waals surface area contributed by atoms with Gasteiger partial charge in [-0.1, -0.05) is 17.2 Å². The number of hydrogen-bond acceptors (Lipinski definition) is 6. The van der Waals surface area contributed by atoms with Crippen molar-refractivity contribution in [3.05, 3.63) is 29.8 Å². The zero-order chi connectivity index (χ0) is 12.1. The zero-order valence-electron chi connectivity index (χ0n) is 8.41. The first-order valence-electron chi connectivity index (χ1n) is 4.53. The Hall–Kier alpha value is -2.86. The van der Waals surface area contributed by atoms with Crippen LogP contribution in [0.1, 0.15) is 10.4 Å². The molecule has 1 heterocycles. The molecule has 2 rings (SSSR count). The van der Waals surface area contributed by atoms with Crippen LogP contribution < -0.4 is 5.32 Å². The summed E-state index contributed by atoms with van der Waals surface area (Å²) in [5.74, 6) is -0.444. The molecule has 8 nitrogen and oxygen atoms in total. The second-order valence-electron chi connectivity index (χ2n) is 2.91. The predicted octanol–water partition coefficient (Wildman–Crippen LogP) is 0.419. The van der Waals surface area contributed by atoms with E-state index < -0.39 is 5.91 Å². The fourth-order valence-electron chi connectivity index (χ4n) is 1.20. The Morgan fingerprint density at radius 2 is 2.24 bits per heavy atom. The summed E-state index contributed by atoms with van der Waals surface area (Å²) in [6.07, 6.45) is 1.38. The van der Waals surface area contributed by atoms with Gasteiger partial charge in [0.05, 0.1) is 11.3 Å². The Morgan fingerprint density at radius 1 is 1.41 bits per heavy atom. The molecule has 0 saturated carbocycles. The maximum absolute atomic E-state index is 11.8. The van der Waals surface area contributed by atoms with Crippen molar-refractivity contribution >= 4 is 23.6 Å². The molecular formula is C9H6N6O2. The van der Waals surface area contributed by atoms with Gasteiger partial charge in [-0.2, -0.15) is 10.2 Å². The molecule has 2 N–H and O–H groups in total. The van der Waals surface area contributed by atoms with Crippen LogP contribution in [-0.4, -0.2) is 32.6 Å². The lowest BCUT2D eigenvalue weighted by Crippen LogP contribution is -2.13. The molecule has 8 heteroatoms. The zero-order valence-corrected chi connectivity index (χ0v) is 8.41. The molecule has 84 valence electrons. The van der Waals surface area contributed by atoms with Gasteiger partial charge in [-0.05, 0) is 17.3 Å². The minimum absolute atomic E-state index is 0.0416. The summed E-state index contributed by atoms with van der Waals surface area (Å²) >= 11 is 0. The normalized spacial score (nSPS) is 9.41. The average molecular weight is 230 g/mol. The quantitative estimate of drug-likeness (QED) is 0.586. The fourth-order valence-corrected chi connectivity index (χ4v) is 1.20. The number of H-pyrrole nitrogens is 1. The number of tetrazole rings is 1. The minimum Gasteiger partial charge on any atom is -0.288 e. The van der Waals surface area contributed by atoms with Crippen molar-refractivity contribution in [3.8, 4) is 0 Å². The lowest BCUT2D eigenvalue weighted by molar-refractivity contribution is 0.102. The number of carbonyl (C=O) groups excluding carboxylic acids is 2. The van der Waals surface area contributed by atoms with Gasteiger partial charge in [0.15, 0.2) is 0 Å². The van der Waals surface area contributed by atoms with Crippen molar-refractivity contribution in [1.82, 2.24) is 20.6 Å². The number of nitrogens with one attached hydrogen (secondary N) is 2. The molecule has 0 unspecified atom stereocenters. The molecule has 1 aromatic heterocycles. The van der Waals surface area contributed by atoms with Crippen LogP contribution >= 0.6 is 0 Å². The monoisotopic (exact) mass is 230 g/mol. The van der Waals surface area contributed by atoms with Crippen LogP contribution in [0.25, 0.3) is 0 Å². The lowest BCUT2D eigenvalue weighted by atomic mass is 10.1. The summed E-state index contributed by atoms with van der Waals surface area (Å²) in [4.78, 5) is 25.4. The van der Waals surface area contributed by atoms with Gasteiger partial charge in [0.25, 0.3) is 11.9 Å². The van der Waals surface area contributed by atoms with E-state index in [0.29, 0.717) is 0 Å². The Balaban J connectivity index is 2.27. The standard InChI is InChI=1S/C9H6N6O2/c16-5-10-7-4-2-1-3-6(7)8(17)11-9-12-14-15-13-9/h1-4H,(H2,11,12,13,14,15,17). The van der Waals surface area contributed by atoms with E-state index in [4.69, 9.17) is 0 Å². The number of anilines is 1. The average Bonchev–Trinajstić information content (AvgIpc) is 2.83. The third kappa shape index (κ3) is 2.39. The molecule has 0 aliphatic carbocycles. The van der Waals surface area contributed by atoms with Crippen molar-refractivity contribution in [2.75, 3.05) is 5.32 Å². The second kappa shape index (κ2) is 4.77. The Bertz CT molecular complexity index is 573. The van der Waals surface area contributed by atoms with Gasteiger partial charge in [-0.3, -0.25) is 10.1 Å². The van der Waals surface area contributed by atoms with Crippen LogP contribution in [-0.2, 0) is 4.79 Å². The van der Waals surface area contributed by atoms with E-state index in [0.717, 1.165) is 0 Å². The first-order chi connectivity index (χ1) is 8.31. The Morgan fingerprint density at radius 3 is 2.94 bits per heavy atom. The summed E-state index contributed by atoms with van der Waals surface area (Å²) < 4.78 is 0. The first kappa shape index (κ1) is 10.7. The molecule has 0 saturated heterocycles. The van der Waals surface area contributed by atoms with Crippen LogP contribution in [0.2, 0.25) is 0 Å². The molecule has 0 aliphatic rings. The number of benzene rings is 1. The van der Waals surface area contributed by atoms with Crippen LogP contribution in [0.3, 0.4) is 0 Å². The highest BCUT2D eigenvalue weighted by molar-refractivity contribution is 6.06. The van der Waals surface area contributed by atoms with Gasteiger partial charge < -0.3 is 0 Å². The summed E-state index contributed by atoms with van der Waals surface area (Å²) in [6.45, 7) is 0. The lowest BCUT2D eigenvalue weighted by Gasteiger charge is -2.02. The molecule has 0 radical (unpaired) electrons. The Labute approximate surface area is 94.8 Å². The number of aromatic nitrogens is 4.